The second-order valence-electron chi connectivity index (χ2n) is 4.04. The van der Waals surface area contributed by atoms with E-state index in [4.69, 9.17) is 0 Å². The van der Waals surface area contributed by atoms with Crippen molar-refractivity contribution >= 4 is 44.0 Å². The van der Waals surface area contributed by atoms with E-state index in [1.54, 1.807) is 0 Å². The summed E-state index contributed by atoms with van der Waals surface area (Å²) >= 11 is 3.98. The van der Waals surface area contributed by atoms with Crippen LogP contribution in [0.5, 0.6) is 0 Å². The smallest absolute Gasteiger partial charge is 0.286 e. The molecule has 0 bridgehead atoms. The van der Waals surface area contributed by atoms with Gasteiger partial charge in [-0.15, -0.1) is 10.2 Å². The monoisotopic (exact) mass is 376 g/mol. The van der Waals surface area contributed by atoms with E-state index in [-0.39, 0.29) is 9.48 Å². The van der Waals surface area contributed by atoms with E-state index in [0.717, 1.165) is 29.9 Å². The lowest BCUT2D eigenvalue weighted by Crippen LogP contribution is -2.14. The number of anilines is 2. The molecule has 9 heteroatoms. The number of nitrogens with one attached hydrogen (secondary N) is 2. The van der Waals surface area contributed by atoms with Gasteiger partial charge >= 0.3 is 0 Å². The maximum atomic E-state index is 13.6. The van der Waals surface area contributed by atoms with E-state index in [1.165, 1.54) is 0 Å². The third-order valence-electron chi connectivity index (χ3n) is 2.39. The molecule has 1 amide bonds. The average molecular weight is 377 g/mol. The van der Waals surface area contributed by atoms with Gasteiger partial charge < -0.3 is 10.6 Å². The third-order valence-corrected chi connectivity index (χ3v) is 3.73. The molecule has 2 aromatic rings. The highest BCUT2D eigenvalue weighted by Crippen LogP contribution is 2.25. The summed E-state index contributed by atoms with van der Waals surface area (Å²) in [5, 5.41) is 13.1. The lowest BCUT2D eigenvalue weighted by molar-refractivity contribution is 0.102. The summed E-state index contributed by atoms with van der Waals surface area (Å²) in [7, 11) is 0. The Morgan fingerprint density at radius 1 is 1.33 bits per heavy atom. The van der Waals surface area contributed by atoms with Crippen molar-refractivity contribution in [3.63, 3.8) is 0 Å². The Morgan fingerprint density at radius 2 is 2.00 bits per heavy atom. The summed E-state index contributed by atoms with van der Waals surface area (Å²) < 4.78 is 27.5. The molecule has 0 aliphatic rings. The van der Waals surface area contributed by atoms with Crippen molar-refractivity contribution < 1.29 is 13.6 Å². The van der Waals surface area contributed by atoms with Crippen LogP contribution in [0.15, 0.2) is 16.6 Å². The van der Waals surface area contributed by atoms with Gasteiger partial charge in [0.25, 0.3) is 5.91 Å². The standard InChI is InChI=1S/C12H11BrF2N4OS/c1-2-3-16-12-19-18-11(21-12)10(20)17-9-7(14)4-6(13)5-8(9)15/h4-5H,2-3H2,1H3,(H,16,19)(H,17,20). The Morgan fingerprint density at radius 3 is 2.62 bits per heavy atom. The fourth-order valence-corrected chi connectivity index (χ4v) is 2.51. The van der Waals surface area contributed by atoms with Crippen molar-refractivity contribution in [2.45, 2.75) is 13.3 Å². The van der Waals surface area contributed by atoms with E-state index in [9.17, 15) is 13.6 Å². The van der Waals surface area contributed by atoms with Crippen LogP contribution in [0.1, 0.15) is 23.1 Å². The zero-order chi connectivity index (χ0) is 15.4. The first kappa shape index (κ1) is 15.8. The number of carbonyl (C=O) groups excluding carboxylic acids is 1. The predicted molar refractivity (Wildman–Crippen MR) is 80.7 cm³/mol. The van der Waals surface area contributed by atoms with Crippen molar-refractivity contribution in [1.29, 1.82) is 0 Å². The van der Waals surface area contributed by atoms with Crippen molar-refractivity contribution in [3.8, 4) is 0 Å². The maximum absolute atomic E-state index is 13.6. The lowest BCUT2D eigenvalue weighted by Gasteiger charge is -2.06. The van der Waals surface area contributed by atoms with Crippen LogP contribution in [-0.2, 0) is 0 Å². The molecule has 1 aromatic carbocycles. The number of nitrogens with zero attached hydrogens (tertiary/aromatic N) is 2. The highest BCUT2D eigenvalue weighted by Gasteiger charge is 2.18. The largest absolute Gasteiger partial charge is 0.360 e. The molecule has 5 nitrogen and oxygen atoms in total. The molecule has 1 aromatic heterocycles. The molecule has 0 saturated carbocycles. The third kappa shape index (κ3) is 3.94. The number of rotatable bonds is 5. The van der Waals surface area contributed by atoms with Gasteiger partial charge in [0.15, 0.2) is 11.6 Å². The first-order chi connectivity index (χ1) is 10.0. The molecule has 0 saturated heterocycles. The van der Waals surface area contributed by atoms with Gasteiger partial charge in [-0.05, 0) is 18.6 Å². The number of hydrogen-bond acceptors (Lipinski definition) is 5. The predicted octanol–water partition coefficient (Wildman–Crippen LogP) is 3.65. The summed E-state index contributed by atoms with van der Waals surface area (Å²) in [6, 6.07) is 2.13. The Labute approximate surface area is 131 Å². The molecule has 0 spiro atoms. The first-order valence-electron chi connectivity index (χ1n) is 6.04. The van der Waals surface area contributed by atoms with Crippen LogP contribution >= 0.6 is 27.3 Å². The number of amides is 1. The Balaban J connectivity index is 2.13. The van der Waals surface area contributed by atoms with Crippen LogP contribution in [0.25, 0.3) is 0 Å². The average Bonchev–Trinajstić information content (AvgIpc) is 2.89. The minimum Gasteiger partial charge on any atom is -0.360 e. The van der Waals surface area contributed by atoms with Gasteiger partial charge in [0, 0.05) is 11.0 Å². The molecular weight excluding hydrogens is 366 g/mol. The van der Waals surface area contributed by atoms with Gasteiger partial charge in [-0.1, -0.05) is 34.2 Å². The molecule has 0 radical (unpaired) electrons. The summed E-state index contributed by atoms with van der Waals surface area (Å²) in [4.78, 5) is 11.9. The molecule has 0 aliphatic carbocycles. The van der Waals surface area contributed by atoms with Gasteiger partial charge in [-0.3, -0.25) is 4.79 Å². The van der Waals surface area contributed by atoms with Crippen LogP contribution in [-0.4, -0.2) is 22.6 Å². The topological polar surface area (TPSA) is 66.9 Å². The number of benzene rings is 1. The van der Waals surface area contributed by atoms with Crippen LogP contribution in [0, 0.1) is 11.6 Å². The van der Waals surface area contributed by atoms with E-state index in [2.05, 4.69) is 36.8 Å². The van der Waals surface area contributed by atoms with Crippen LogP contribution in [0.2, 0.25) is 0 Å². The van der Waals surface area contributed by atoms with E-state index in [0.29, 0.717) is 11.7 Å². The molecule has 0 unspecified atom stereocenters. The molecule has 0 atom stereocenters. The summed E-state index contributed by atoms with van der Waals surface area (Å²) in [6.07, 6.45) is 0.899. The minimum absolute atomic E-state index is 0.0234. The van der Waals surface area contributed by atoms with Crippen LogP contribution < -0.4 is 10.6 Å². The number of hydrogen-bond donors (Lipinski definition) is 2. The SMILES string of the molecule is CCCNc1nnc(C(=O)Nc2c(F)cc(Br)cc2F)s1. The summed E-state index contributed by atoms with van der Waals surface area (Å²) in [5.41, 5.74) is -0.513. The quantitative estimate of drug-likeness (QED) is 0.835. The zero-order valence-corrected chi connectivity index (χ0v) is 13.3. The van der Waals surface area contributed by atoms with Crippen LogP contribution in [0.4, 0.5) is 19.6 Å². The molecule has 2 N–H and O–H groups in total. The van der Waals surface area contributed by atoms with Crippen molar-refractivity contribution in [1.82, 2.24) is 10.2 Å². The molecule has 112 valence electrons. The number of aromatic nitrogens is 2. The maximum Gasteiger partial charge on any atom is 0.286 e. The first-order valence-corrected chi connectivity index (χ1v) is 7.65. The Bertz CT molecular complexity index is 641. The van der Waals surface area contributed by atoms with Gasteiger partial charge in [0.05, 0.1) is 0 Å². The number of carbonyl (C=O) groups is 1. The van der Waals surface area contributed by atoms with E-state index in [1.807, 2.05) is 6.92 Å². The second kappa shape index (κ2) is 6.90. The summed E-state index contributed by atoms with van der Waals surface area (Å²) in [6.45, 7) is 2.69. The molecule has 0 fully saturated rings. The van der Waals surface area contributed by atoms with Crippen molar-refractivity contribution in [2.75, 3.05) is 17.2 Å². The normalized spacial score (nSPS) is 10.5. The minimum atomic E-state index is -0.871. The van der Waals surface area contributed by atoms with Crippen molar-refractivity contribution in [2.24, 2.45) is 0 Å². The fraction of sp³-hybridized carbons (Fsp3) is 0.250. The molecule has 21 heavy (non-hydrogen) atoms. The molecule has 2 rings (SSSR count). The summed E-state index contributed by atoms with van der Waals surface area (Å²) in [5.74, 6) is -2.45. The highest BCUT2D eigenvalue weighted by molar-refractivity contribution is 9.10. The molecule has 0 aliphatic heterocycles. The lowest BCUT2D eigenvalue weighted by atomic mass is 10.3. The molecule has 1 heterocycles. The highest BCUT2D eigenvalue weighted by atomic mass is 79.9. The number of halogens is 3. The second-order valence-corrected chi connectivity index (χ2v) is 5.93. The van der Waals surface area contributed by atoms with Gasteiger partial charge in [-0.25, -0.2) is 8.78 Å². The Kier molecular flexibility index (Phi) is 5.18. The van der Waals surface area contributed by atoms with Crippen molar-refractivity contribution in [3.05, 3.63) is 33.2 Å². The van der Waals surface area contributed by atoms with Gasteiger partial charge in [-0.2, -0.15) is 0 Å². The van der Waals surface area contributed by atoms with Gasteiger partial charge in [0.1, 0.15) is 5.69 Å². The zero-order valence-electron chi connectivity index (χ0n) is 10.9. The fourth-order valence-electron chi connectivity index (χ4n) is 1.45. The molecular formula is C12H11BrF2N4OS. The van der Waals surface area contributed by atoms with E-state index >= 15 is 0 Å². The van der Waals surface area contributed by atoms with Gasteiger partial charge in [0.2, 0.25) is 10.1 Å². The van der Waals surface area contributed by atoms with Crippen LogP contribution in [0.3, 0.4) is 0 Å². The Hall–Kier alpha value is -1.61. The van der Waals surface area contributed by atoms with E-state index < -0.39 is 23.2 Å².